The van der Waals surface area contributed by atoms with Gasteiger partial charge in [-0.05, 0) is 24.5 Å². The lowest BCUT2D eigenvalue weighted by molar-refractivity contribution is -0.127. The minimum Gasteiger partial charge on any atom is -0.362 e. The molecule has 1 saturated heterocycles. The van der Waals surface area contributed by atoms with Crippen molar-refractivity contribution in [1.82, 2.24) is 4.90 Å². The third kappa shape index (κ3) is 3.20. The number of hydrogen-bond acceptors (Lipinski definition) is 2. The molecular formula is C16H19F3N2O. The van der Waals surface area contributed by atoms with Crippen LogP contribution in [0.1, 0.15) is 30.7 Å². The number of carbonyl (C=O) groups is 1. The maximum absolute atomic E-state index is 12.7. The molecule has 6 heteroatoms. The van der Waals surface area contributed by atoms with E-state index in [1.54, 1.807) is 12.1 Å². The quantitative estimate of drug-likeness (QED) is 0.852. The normalized spacial score (nSPS) is 21.6. The van der Waals surface area contributed by atoms with Crippen molar-refractivity contribution in [1.29, 1.82) is 0 Å². The fourth-order valence-corrected chi connectivity index (χ4v) is 3.45. The number of halogens is 3. The minimum absolute atomic E-state index is 0.0620. The fourth-order valence-electron chi connectivity index (χ4n) is 3.45. The summed E-state index contributed by atoms with van der Waals surface area (Å²) in [5, 5.41) is 0. The molecule has 1 atom stereocenters. The van der Waals surface area contributed by atoms with Gasteiger partial charge in [0.25, 0.3) is 0 Å². The van der Waals surface area contributed by atoms with Crippen LogP contribution in [0.25, 0.3) is 0 Å². The first-order chi connectivity index (χ1) is 10.4. The molecular weight excluding hydrogens is 293 g/mol. The number of amides is 1. The Morgan fingerprint density at radius 2 is 1.95 bits per heavy atom. The van der Waals surface area contributed by atoms with E-state index in [9.17, 15) is 18.0 Å². The van der Waals surface area contributed by atoms with Gasteiger partial charge in [-0.25, -0.2) is 0 Å². The average Bonchev–Trinajstić information content (AvgIpc) is 3.00. The third-order valence-corrected chi connectivity index (χ3v) is 4.45. The van der Waals surface area contributed by atoms with E-state index < -0.39 is 12.7 Å². The van der Waals surface area contributed by atoms with Gasteiger partial charge in [0, 0.05) is 37.7 Å². The summed E-state index contributed by atoms with van der Waals surface area (Å²) in [5.41, 5.74) is 1.65. The molecule has 0 bridgehead atoms. The van der Waals surface area contributed by atoms with Gasteiger partial charge in [0.1, 0.15) is 6.54 Å². The van der Waals surface area contributed by atoms with Crippen LogP contribution in [0.15, 0.2) is 24.3 Å². The Kier molecular flexibility index (Phi) is 4.02. The van der Waals surface area contributed by atoms with Gasteiger partial charge in [0.2, 0.25) is 5.91 Å². The largest absolute Gasteiger partial charge is 0.405 e. The molecule has 0 aliphatic carbocycles. The van der Waals surface area contributed by atoms with E-state index in [0.29, 0.717) is 25.2 Å². The SMILES string of the molecule is O=C1CCCN1CC[C@@H]1CN(CC(F)(F)F)c2ccccc21. The second kappa shape index (κ2) is 5.82. The summed E-state index contributed by atoms with van der Waals surface area (Å²) in [5.74, 6) is 0.227. The van der Waals surface area contributed by atoms with E-state index in [2.05, 4.69) is 0 Å². The number of hydrogen-bond donors (Lipinski definition) is 0. The van der Waals surface area contributed by atoms with Crippen LogP contribution in [0, 0.1) is 0 Å². The zero-order valence-electron chi connectivity index (χ0n) is 12.3. The summed E-state index contributed by atoms with van der Waals surface area (Å²) in [6, 6.07) is 7.29. The highest BCUT2D eigenvalue weighted by atomic mass is 19.4. The molecule has 1 aromatic rings. The van der Waals surface area contributed by atoms with E-state index >= 15 is 0 Å². The van der Waals surface area contributed by atoms with Gasteiger partial charge >= 0.3 is 6.18 Å². The Balaban J connectivity index is 1.69. The highest BCUT2D eigenvalue weighted by molar-refractivity contribution is 5.78. The minimum atomic E-state index is -4.20. The first-order valence-corrected chi connectivity index (χ1v) is 7.62. The van der Waals surface area contributed by atoms with Crippen molar-refractivity contribution in [3.63, 3.8) is 0 Å². The van der Waals surface area contributed by atoms with Crippen LogP contribution in [0.4, 0.5) is 18.9 Å². The molecule has 3 rings (SSSR count). The number of rotatable bonds is 4. The van der Waals surface area contributed by atoms with Gasteiger partial charge in [-0.15, -0.1) is 0 Å². The number of carbonyl (C=O) groups excluding carboxylic acids is 1. The van der Waals surface area contributed by atoms with E-state index in [1.165, 1.54) is 4.90 Å². The average molecular weight is 312 g/mol. The molecule has 1 aromatic carbocycles. The zero-order chi connectivity index (χ0) is 15.7. The number of para-hydroxylation sites is 1. The van der Waals surface area contributed by atoms with Gasteiger partial charge in [-0.3, -0.25) is 4.79 Å². The molecule has 120 valence electrons. The van der Waals surface area contributed by atoms with E-state index in [-0.39, 0.29) is 11.8 Å². The van der Waals surface area contributed by atoms with Gasteiger partial charge < -0.3 is 9.80 Å². The van der Waals surface area contributed by atoms with Crippen LogP contribution in [-0.2, 0) is 4.79 Å². The van der Waals surface area contributed by atoms with Crippen LogP contribution >= 0.6 is 0 Å². The molecule has 0 aromatic heterocycles. The third-order valence-electron chi connectivity index (χ3n) is 4.45. The molecule has 1 fully saturated rings. The first-order valence-electron chi connectivity index (χ1n) is 7.62. The van der Waals surface area contributed by atoms with Crippen LogP contribution < -0.4 is 4.90 Å². The van der Waals surface area contributed by atoms with Crippen molar-refractivity contribution in [3.05, 3.63) is 29.8 Å². The van der Waals surface area contributed by atoms with Gasteiger partial charge in [-0.2, -0.15) is 13.2 Å². The molecule has 0 N–H and O–H groups in total. The summed E-state index contributed by atoms with van der Waals surface area (Å²) in [4.78, 5) is 14.9. The number of alkyl halides is 3. The lowest BCUT2D eigenvalue weighted by Crippen LogP contribution is -2.34. The molecule has 3 nitrogen and oxygen atoms in total. The predicted octanol–water partition coefficient (Wildman–Crippen LogP) is 3.17. The van der Waals surface area contributed by atoms with Gasteiger partial charge in [0.15, 0.2) is 0 Å². The Bertz CT molecular complexity index is 559. The predicted molar refractivity (Wildman–Crippen MR) is 77.9 cm³/mol. The fraction of sp³-hybridized carbons (Fsp3) is 0.562. The Labute approximate surface area is 127 Å². The van der Waals surface area contributed by atoms with E-state index in [1.807, 2.05) is 17.0 Å². The number of anilines is 1. The highest BCUT2D eigenvalue weighted by Crippen LogP contribution is 2.39. The second-order valence-electron chi connectivity index (χ2n) is 6.02. The summed E-state index contributed by atoms with van der Waals surface area (Å²) in [7, 11) is 0. The zero-order valence-corrected chi connectivity index (χ0v) is 12.3. The summed E-state index contributed by atoms with van der Waals surface area (Å²) in [6.07, 6.45) is -1.99. The molecule has 0 spiro atoms. The van der Waals surface area contributed by atoms with Crippen LogP contribution in [0.2, 0.25) is 0 Å². The van der Waals surface area contributed by atoms with E-state index in [0.717, 1.165) is 24.9 Å². The molecule has 0 radical (unpaired) electrons. The van der Waals surface area contributed by atoms with Crippen LogP contribution in [-0.4, -0.2) is 43.2 Å². The molecule has 1 amide bonds. The van der Waals surface area contributed by atoms with Crippen LogP contribution in [0.3, 0.4) is 0 Å². The number of fused-ring (bicyclic) bond motifs is 1. The Morgan fingerprint density at radius 1 is 1.18 bits per heavy atom. The topological polar surface area (TPSA) is 23.6 Å². The summed E-state index contributed by atoms with van der Waals surface area (Å²) < 4.78 is 38.2. The van der Waals surface area contributed by atoms with Crippen molar-refractivity contribution >= 4 is 11.6 Å². The molecule has 0 unspecified atom stereocenters. The maximum Gasteiger partial charge on any atom is 0.405 e. The molecule has 0 saturated carbocycles. The van der Waals surface area contributed by atoms with Crippen molar-refractivity contribution in [3.8, 4) is 0 Å². The van der Waals surface area contributed by atoms with Crippen molar-refractivity contribution in [2.75, 3.05) is 31.1 Å². The van der Waals surface area contributed by atoms with E-state index in [4.69, 9.17) is 0 Å². The Hall–Kier alpha value is -1.72. The lowest BCUT2D eigenvalue weighted by atomic mass is 9.98. The molecule has 2 heterocycles. The van der Waals surface area contributed by atoms with Crippen molar-refractivity contribution in [2.45, 2.75) is 31.4 Å². The van der Waals surface area contributed by atoms with Crippen molar-refractivity contribution < 1.29 is 18.0 Å². The number of likely N-dealkylation sites (tertiary alicyclic amines) is 1. The van der Waals surface area contributed by atoms with Crippen LogP contribution in [0.5, 0.6) is 0 Å². The molecule has 2 aliphatic heterocycles. The molecule has 2 aliphatic rings. The smallest absolute Gasteiger partial charge is 0.362 e. The summed E-state index contributed by atoms with van der Waals surface area (Å²) in [6.45, 7) is 0.876. The standard InChI is InChI=1S/C16H19F3N2O/c17-16(18,19)11-21-10-12(13-4-1-2-5-14(13)21)7-9-20-8-3-6-15(20)22/h1-2,4-5,12H,3,6-11H2/t12-/m1/s1. The molecule has 22 heavy (non-hydrogen) atoms. The second-order valence-corrected chi connectivity index (χ2v) is 6.02. The maximum atomic E-state index is 12.7. The van der Waals surface area contributed by atoms with Gasteiger partial charge in [-0.1, -0.05) is 18.2 Å². The summed E-state index contributed by atoms with van der Waals surface area (Å²) >= 11 is 0. The van der Waals surface area contributed by atoms with Gasteiger partial charge in [0.05, 0.1) is 0 Å². The van der Waals surface area contributed by atoms with Crippen molar-refractivity contribution in [2.24, 2.45) is 0 Å². The highest BCUT2D eigenvalue weighted by Gasteiger charge is 2.37. The Morgan fingerprint density at radius 3 is 2.64 bits per heavy atom. The monoisotopic (exact) mass is 312 g/mol. The first kappa shape index (κ1) is 15.2. The lowest BCUT2D eigenvalue weighted by Gasteiger charge is -2.22. The number of nitrogens with zero attached hydrogens (tertiary/aromatic N) is 2. The number of benzene rings is 1.